The summed E-state index contributed by atoms with van der Waals surface area (Å²) in [6, 6.07) is 14.0. The zero-order valence-corrected chi connectivity index (χ0v) is 25.4. The number of nitrogens with zero attached hydrogens (tertiary/aromatic N) is 6. The summed E-state index contributed by atoms with van der Waals surface area (Å²) in [6.07, 6.45) is 7.22. The molecule has 2 aliphatic rings. The number of terminal acetylenes is 1. The van der Waals surface area contributed by atoms with Gasteiger partial charge in [0.05, 0.1) is 29.9 Å². The van der Waals surface area contributed by atoms with E-state index in [1.54, 1.807) is 10.9 Å². The smallest absolute Gasteiger partial charge is 0.255 e. The Morgan fingerprint density at radius 1 is 1.22 bits per heavy atom. The van der Waals surface area contributed by atoms with Crippen molar-refractivity contribution in [2.45, 2.75) is 51.5 Å². The van der Waals surface area contributed by atoms with E-state index in [1.165, 1.54) is 11.1 Å². The van der Waals surface area contributed by atoms with Gasteiger partial charge in [0.2, 0.25) is 11.9 Å². The van der Waals surface area contributed by atoms with E-state index >= 15 is 0 Å². The molecule has 1 amide bonds. The first-order valence-electron chi connectivity index (χ1n) is 15.4. The lowest BCUT2D eigenvalue weighted by molar-refractivity contribution is -0.125. The lowest BCUT2D eigenvalue weighted by Crippen LogP contribution is -2.44. The van der Waals surface area contributed by atoms with E-state index in [2.05, 4.69) is 73.3 Å². The highest BCUT2D eigenvalue weighted by Crippen LogP contribution is 2.38. The van der Waals surface area contributed by atoms with Crippen LogP contribution in [0.3, 0.4) is 0 Å². The van der Waals surface area contributed by atoms with Gasteiger partial charge in [-0.25, -0.2) is 18.4 Å². The fourth-order valence-electron chi connectivity index (χ4n) is 6.42. The molecule has 234 valence electrons. The molecule has 3 heterocycles. The molecule has 1 saturated heterocycles. The van der Waals surface area contributed by atoms with Gasteiger partial charge in [0.15, 0.2) is 5.82 Å². The van der Waals surface area contributed by atoms with Gasteiger partial charge in [-0.1, -0.05) is 42.3 Å². The van der Waals surface area contributed by atoms with Crippen molar-refractivity contribution in [2.75, 3.05) is 41.7 Å². The Balaban J connectivity index is 1.27. The summed E-state index contributed by atoms with van der Waals surface area (Å²) < 4.78 is 27.2. The minimum absolute atomic E-state index is 0.259. The molecule has 2 aromatic heterocycles. The van der Waals surface area contributed by atoms with E-state index < -0.39 is 18.9 Å². The number of hydrogen-bond donors (Lipinski definition) is 3. The van der Waals surface area contributed by atoms with Gasteiger partial charge in [-0.05, 0) is 61.4 Å². The summed E-state index contributed by atoms with van der Waals surface area (Å²) >= 11 is 0. The number of carbonyl (C=O) groups excluding carboxylic acids is 1. The normalized spacial score (nSPS) is 20.1. The van der Waals surface area contributed by atoms with Gasteiger partial charge in [0, 0.05) is 31.2 Å². The summed E-state index contributed by atoms with van der Waals surface area (Å²) in [5.41, 5.74) is 5.76. The van der Waals surface area contributed by atoms with Gasteiger partial charge < -0.3 is 20.9 Å². The molecule has 2 aromatic carbocycles. The van der Waals surface area contributed by atoms with Crippen molar-refractivity contribution in [1.82, 2.24) is 30.3 Å². The fourth-order valence-corrected chi connectivity index (χ4v) is 6.42. The third-order valence-corrected chi connectivity index (χ3v) is 8.84. The van der Waals surface area contributed by atoms with E-state index in [1.807, 2.05) is 25.1 Å². The van der Waals surface area contributed by atoms with Crippen LogP contribution in [-0.2, 0) is 11.2 Å². The van der Waals surface area contributed by atoms with Gasteiger partial charge in [0.1, 0.15) is 11.6 Å². The number of fused-ring (bicyclic) bond motifs is 2. The number of carbonyl (C=O) groups is 1. The number of hydrogen-bond acceptors (Lipinski definition) is 8. The molecule has 0 spiro atoms. The lowest BCUT2D eigenvalue weighted by Gasteiger charge is -2.34. The minimum atomic E-state index is -2.58. The van der Waals surface area contributed by atoms with Gasteiger partial charge in [-0.15, -0.1) is 11.5 Å². The molecular weight excluding hydrogens is 576 g/mol. The van der Waals surface area contributed by atoms with Crippen molar-refractivity contribution >= 4 is 40.1 Å². The Hall–Kier alpha value is -4.79. The van der Waals surface area contributed by atoms with Crippen molar-refractivity contribution in [3.63, 3.8) is 0 Å². The molecule has 3 N–H and O–H groups in total. The molecule has 45 heavy (non-hydrogen) atoms. The molecular formula is C33H37F2N9O. The molecule has 1 aliphatic heterocycles. The lowest BCUT2D eigenvalue weighted by atomic mass is 9.94. The van der Waals surface area contributed by atoms with Crippen LogP contribution in [0.2, 0.25) is 0 Å². The van der Waals surface area contributed by atoms with E-state index in [4.69, 9.17) is 11.4 Å². The summed E-state index contributed by atoms with van der Waals surface area (Å²) in [7, 11) is 0. The zero-order chi connectivity index (χ0) is 31.5. The van der Waals surface area contributed by atoms with E-state index in [0.717, 1.165) is 35.2 Å². The molecule has 0 radical (unpaired) electrons. The molecule has 12 heteroatoms. The zero-order valence-electron chi connectivity index (χ0n) is 25.4. The molecule has 1 aliphatic carbocycles. The number of anilines is 4. The van der Waals surface area contributed by atoms with Crippen LogP contribution in [0.15, 0.2) is 48.7 Å². The Labute approximate surface area is 261 Å². The Kier molecular flexibility index (Phi) is 8.78. The van der Waals surface area contributed by atoms with Crippen LogP contribution in [-0.4, -0.2) is 63.5 Å². The van der Waals surface area contributed by atoms with Crippen LogP contribution in [0.4, 0.5) is 31.9 Å². The van der Waals surface area contributed by atoms with Crippen LogP contribution in [0.25, 0.3) is 11.0 Å². The number of aromatic nitrogens is 5. The number of halogens is 2. The topological polar surface area (TPSA) is 113 Å². The number of rotatable bonds is 10. The summed E-state index contributed by atoms with van der Waals surface area (Å²) in [5, 5.41) is 17.7. The molecule has 0 unspecified atom stereocenters. The van der Waals surface area contributed by atoms with Gasteiger partial charge in [0.25, 0.3) is 6.43 Å². The summed E-state index contributed by atoms with van der Waals surface area (Å²) in [4.78, 5) is 24.3. The Bertz CT molecular complexity index is 1720. The molecule has 0 saturated carbocycles. The highest BCUT2D eigenvalue weighted by molar-refractivity contribution is 5.81. The first kappa shape index (κ1) is 30.2. The second-order valence-corrected chi connectivity index (χ2v) is 11.9. The highest BCUT2D eigenvalue weighted by Gasteiger charge is 2.31. The maximum absolute atomic E-state index is 12.7. The summed E-state index contributed by atoms with van der Waals surface area (Å²) in [6.45, 7) is 5.28. The van der Waals surface area contributed by atoms with Crippen LogP contribution in [0.1, 0.15) is 49.8 Å². The van der Waals surface area contributed by atoms with Crippen LogP contribution in [0, 0.1) is 24.2 Å². The average molecular weight is 614 g/mol. The third kappa shape index (κ3) is 6.53. The van der Waals surface area contributed by atoms with Gasteiger partial charge >= 0.3 is 0 Å². The second kappa shape index (κ2) is 13.1. The Morgan fingerprint density at radius 3 is 2.89 bits per heavy atom. The number of piperidine rings is 1. The van der Waals surface area contributed by atoms with Crippen molar-refractivity contribution < 1.29 is 13.6 Å². The standard InChI is InChI=1S/C33H37F2N9O/c1-4-21(3)44-28-15-24(11-12-27(28)41-42-44)39-33-38-17-29(43-13-7-9-23(19-43)32(45)37-18-30(34)35)31(40-33)36-16-26-20(2)14-22-8-5-6-10-25(22)26/h1,5-6,8,10-12,15,17,20-21,23,26,30H,7,9,13-14,16,18-19H2,2-3H3,(H,37,45)(H2,36,38,39,40)/t20-,21+,23+,26-/m1/s1. The maximum Gasteiger partial charge on any atom is 0.255 e. The van der Waals surface area contributed by atoms with Crippen molar-refractivity contribution in [3.05, 3.63) is 59.8 Å². The second-order valence-electron chi connectivity index (χ2n) is 11.9. The first-order valence-corrected chi connectivity index (χ1v) is 15.4. The number of nitrogens with one attached hydrogen (secondary N) is 3. The fraction of sp³-hybridized carbons (Fsp3) is 0.424. The molecule has 4 aromatic rings. The average Bonchev–Trinajstić information content (AvgIpc) is 3.62. The predicted molar refractivity (Wildman–Crippen MR) is 171 cm³/mol. The van der Waals surface area contributed by atoms with Crippen molar-refractivity contribution in [1.29, 1.82) is 0 Å². The monoisotopic (exact) mass is 613 g/mol. The summed E-state index contributed by atoms with van der Waals surface area (Å²) in [5.74, 6) is 3.74. The van der Waals surface area contributed by atoms with Crippen LogP contribution < -0.4 is 20.9 Å². The van der Waals surface area contributed by atoms with Crippen LogP contribution in [0.5, 0.6) is 0 Å². The maximum atomic E-state index is 12.7. The highest BCUT2D eigenvalue weighted by atomic mass is 19.3. The van der Waals surface area contributed by atoms with Gasteiger partial charge in [-0.2, -0.15) is 4.98 Å². The van der Waals surface area contributed by atoms with Gasteiger partial charge in [-0.3, -0.25) is 4.79 Å². The SMILES string of the molecule is C#C[C@H](C)n1nnc2ccc(Nc3ncc(N4CCC[C@H](C(=O)NCC(F)F)C4)c(NC[C@H]4c5ccccc5C[C@H]4C)n3)cc21. The van der Waals surface area contributed by atoms with Crippen molar-refractivity contribution in [2.24, 2.45) is 11.8 Å². The number of amides is 1. The molecule has 1 fully saturated rings. The Morgan fingerprint density at radius 2 is 2.07 bits per heavy atom. The van der Waals surface area contributed by atoms with Crippen LogP contribution >= 0.6 is 0 Å². The number of benzene rings is 2. The van der Waals surface area contributed by atoms with E-state index in [0.29, 0.717) is 49.7 Å². The molecule has 6 rings (SSSR count). The van der Waals surface area contributed by atoms with Crippen molar-refractivity contribution in [3.8, 4) is 12.3 Å². The first-order chi connectivity index (χ1) is 21.8. The largest absolute Gasteiger partial charge is 0.368 e. The molecule has 10 nitrogen and oxygen atoms in total. The number of alkyl halides is 2. The predicted octanol–water partition coefficient (Wildman–Crippen LogP) is 5.14. The molecule has 0 bridgehead atoms. The minimum Gasteiger partial charge on any atom is -0.368 e. The third-order valence-electron chi connectivity index (χ3n) is 8.84. The van der Waals surface area contributed by atoms with E-state index in [9.17, 15) is 13.6 Å². The molecule has 4 atom stereocenters. The quantitative estimate of drug-likeness (QED) is 0.211. The van der Waals surface area contributed by atoms with E-state index in [-0.39, 0.29) is 11.9 Å².